The van der Waals surface area contributed by atoms with Gasteiger partial charge >= 0.3 is 18.0 Å². The van der Waals surface area contributed by atoms with Gasteiger partial charge in [0.2, 0.25) is 0 Å². The number of hydrogen-bond donors (Lipinski definition) is 2. The number of rotatable bonds is 28. The van der Waals surface area contributed by atoms with Gasteiger partial charge in [0.15, 0.2) is 35.5 Å². The molecule has 0 saturated carbocycles. The van der Waals surface area contributed by atoms with Crippen LogP contribution in [0.15, 0.2) is 195 Å². The minimum Gasteiger partial charge on any atom is -0.460 e. The van der Waals surface area contributed by atoms with Crippen LogP contribution < -0.4 is 10.6 Å². The van der Waals surface area contributed by atoms with Crippen molar-refractivity contribution in [1.82, 2.24) is 24.8 Å². The molecule has 10 rings (SSSR count). The zero-order chi connectivity index (χ0) is 60.2. The Morgan fingerprint density at radius 3 is 1.61 bits per heavy atom. The van der Waals surface area contributed by atoms with Crippen LogP contribution in [0.5, 0.6) is 0 Å². The summed E-state index contributed by atoms with van der Waals surface area (Å²) in [6.07, 6.45) is -2.82. The smallest absolute Gasteiger partial charge is 0.332 e. The summed E-state index contributed by atoms with van der Waals surface area (Å²) in [7, 11) is 0. The third-order valence-corrected chi connectivity index (χ3v) is 15.1. The molecule has 0 bridgehead atoms. The van der Waals surface area contributed by atoms with Gasteiger partial charge in [0.25, 0.3) is 0 Å². The van der Waals surface area contributed by atoms with Gasteiger partial charge in [0.1, 0.15) is 43.5 Å². The quantitative estimate of drug-likeness (QED) is 0.0437. The molecule has 2 aliphatic heterocycles. The summed E-state index contributed by atoms with van der Waals surface area (Å²) < 4.78 is 65.8. The molecule has 0 spiro atoms. The summed E-state index contributed by atoms with van der Waals surface area (Å²) in [6.45, 7) is 6.89. The fourth-order valence-electron chi connectivity index (χ4n) is 10.3. The van der Waals surface area contributed by atoms with Gasteiger partial charge in [-0.25, -0.2) is 24.5 Å². The van der Waals surface area contributed by atoms with Crippen molar-refractivity contribution in [3.8, 4) is 0 Å². The molecule has 454 valence electrons. The molecule has 4 heterocycles. The van der Waals surface area contributed by atoms with Crippen molar-refractivity contribution < 1.29 is 61.8 Å². The van der Waals surface area contributed by atoms with Crippen LogP contribution in [0.4, 0.5) is 10.6 Å². The lowest BCUT2D eigenvalue weighted by Crippen LogP contribution is -2.54. The first-order valence-electron chi connectivity index (χ1n) is 29.5. The van der Waals surface area contributed by atoms with E-state index in [0.717, 1.165) is 27.8 Å². The van der Waals surface area contributed by atoms with E-state index in [9.17, 15) is 14.4 Å². The third-order valence-electron chi connectivity index (χ3n) is 15.1. The predicted octanol–water partition coefficient (Wildman–Crippen LogP) is 10.8. The molecule has 0 radical (unpaired) electrons. The van der Waals surface area contributed by atoms with Crippen LogP contribution >= 0.6 is 0 Å². The second-order valence-corrected chi connectivity index (χ2v) is 21.6. The number of nitrogens with zero attached hydrogens (tertiary/aromatic N) is 4. The van der Waals surface area contributed by atoms with Crippen LogP contribution in [0.1, 0.15) is 79.6 Å². The number of anilines is 1. The van der Waals surface area contributed by atoms with Gasteiger partial charge in [0, 0.05) is 12.8 Å². The average Bonchev–Trinajstić information content (AvgIpc) is 2.03. The number of hydrogen-bond acceptors (Lipinski definition) is 16. The zero-order valence-corrected chi connectivity index (χ0v) is 49.0. The number of nitrogens with one attached hydrogen (secondary N) is 2. The van der Waals surface area contributed by atoms with Crippen molar-refractivity contribution >= 4 is 35.0 Å². The second-order valence-electron chi connectivity index (χ2n) is 21.6. The van der Waals surface area contributed by atoms with Crippen molar-refractivity contribution in [2.75, 3.05) is 11.9 Å². The standard InChI is InChI=1S/C68H74N6O13/c1-46(85-67-56(79-38-50-24-12-5-13-25-50)36-55(47(2)87-67)78-37-49-22-10-4-11-23-49)34-35-58(75)86-48(3)59(66(76)84-42-54-32-20-9-21-33-54)72-68(77)73-63-60-64(70-44-69-63)74(45-71-60)65-62(82-41-53-30-18-8-19-31-53)61(81-40-52-28-16-7-17-29-52)57(43-83-65)80-39-51-26-14-6-15-27-51/h4-33,44-48,55-57,59,61-62,65,67H,34-43H2,1-3H3,(H2,69,70,72,73,77)/t46-,47?,48-,55-,56+,57?,59+,61?,62?,65?,67?/m1/s1. The van der Waals surface area contributed by atoms with Gasteiger partial charge in [-0.15, -0.1) is 0 Å². The van der Waals surface area contributed by atoms with Crippen LogP contribution in [0, 0.1) is 0 Å². The summed E-state index contributed by atoms with van der Waals surface area (Å²) in [5, 5.41) is 5.42. The first-order chi connectivity index (χ1) is 42.6. The van der Waals surface area contributed by atoms with Gasteiger partial charge in [-0.1, -0.05) is 182 Å². The van der Waals surface area contributed by atoms with E-state index in [1.165, 1.54) is 13.3 Å². The predicted molar refractivity (Wildman–Crippen MR) is 322 cm³/mol. The molecule has 11 atom stereocenters. The van der Waals surface area contributed by atoms with Crippen molar-refractivity contribution in [3.05, 3.63) is 228 Å². The monoisotopic (exact) mass is 1180 g/mol. The van der Waals surface area contributed by atoms with Crippen LogP contribution in [0.3, 0.4) is 0 Å². The molecule has 0 aliphatic carbocycles. The minimum atomic E-state index is -1.47. The first kappa shape index (κ1) is 61.8. The number of benzene rings is 6. The van der Waals surface area contributed by atoms with Crippen LogP contribution in [-0.4, -0.2) is 105 Å². The molecule has 2 saturated heterocycles. The summed E-state index contributed by atoms with van der Waals surface area (Å²) in [5.41, 5.74) is 6.17. The number of imidazole rings is 1. The minimum absolute atomic E-state index is 0.0177. The Morgan fingerprint density at radius 2 is 1.07 bits per heavy atom. The number of carbonyl (C=O) groups excluding carboxylic acids is 3. The largest absolute Gasteiger partial charge is 0.460 e. The molecule has 87 heavy (non-hydrogen) atoms. The van der Waals surface area contributed by atoms with Crippen molar-refractivity contribution in [2.24, 2.45) is 0 Å². The Morgan fingerprint density at radius 1 is 0.586 bits per heavy atom. The molecule has 2 amide bonds. The van der Waals surface area contributed by atoms with Crippen molar-refractivity contribution in [1.29, 1.82) is 0 Å². The molecular weight excluding hydrogens is 1110 g/mol. The highest BCUT2D eigenvalue weighted by Crippen LogP contribution is 2.35. The maximum Gasteiger partial charge on any atom is 0.332 e. The lowest BCUT2D eigenvalue weighted by Gasteiger charge is -2.42. The highest BCUT2D eigenvalue weighted by Gasteiger charge is 2.45. The molecule has 6 unspecified atom stereocenters. The van der Waals surface area contributed by atoms with E-state index in [2.05, 4.69) is 25.6 Å². The number of esters is 2. The van der Waals surface area contributed by atoms with E-state index in [1.807, 2.05) is 184 Å². The Balaban J connectivity index is 0.810. The maximum atomic E-state index is 14.2. The van der Waals surface area contributed by atoms with Crippen molar-refractivity contribution in [2.45, 2.75) is 147 Å². The molecule has 19 nitrogen and oxygen atoms in total. The lowest BCUT2D eigenvalue weighted by atomic mass is 10.0. The molecule has 6 aromatic carbocycles. The summed E-state index contributed by atoms with van der Waals surface area (Å²) in [5.74, 6) is -1.46. The van der Waals surface area contributed by atoms with E-state index >= 15 is 0 Å². The molecule has 19 heteroatoms. The number of ether oxygens (including phenoxy) is 10. The Labute approximate surface area is 506 Å². The SMILES string of the molecule is CC1OC(O[C@H](C)CCC(=O)O[C@H](C)[C@H](NC(=O)Nc2ncnc3c2ncn3C2OCC(OCc3ccccc3)C(OCc3ccccc3)C2OCc2ccccc2)C(=O)OCc2ccccc2)[C@@H](OCc2ccccc2)C[C@H]1OCc1ccccc1. The van der Waals surface area contributed by atoms with E-state index in [1.54, 1.807) is 23.0 Å². The maximum absolute atomic E-state index is 14.2. The molecule has 2 fully saturated rings. The first-order valence-corrected chi connectivity index (χ1v) is 29.5. The fraction of sp³-hybridized carbons (Fsp3) is 0.353. The Hall–Kier alpha value is -8.24. The number of carbonyl (C=O) groups is 3. The zero-order valence-electron chi connectivity index (χ0n) is 49.0. The Bertz CT molecular complexity index is 3370. The van der Waals surface area contributed by atoms with Gasteiger partial charge in [-0.3, -0.25) is 14.7 Å². The Kier molecular flexibility index (Phi) is 22.3. The van der Waals surface area contributed by atoms with Crippen LogP contribution in [0.25, 0.3) is 11.2 Å². The fourth-order valence-corrected chi connectivity index (χ4v) is 10.3. The van der Waals surface area contributed by atoms with E-state index in [-0.39, 0.29) is 62.8 Å². The second kappa shape index (κ2) is 31.4. The lowest BCUT2D eigenvalue weighted by molar-refractivity contribution is -0.290. The summed E-state index contributed by atoms with van der Waals surface area (Å²) >= 11 is 0. The average molecular weight is 1180 g/mol. The summed E-state index contributed by atoms with van der Waals surface area (Å²) in [6, 6.07) is 56.1. The highest BCUT2D eigenvalue weighted by atomic mass is 16.7. The molecule has 2 aromatic heterocycles. The number of fused-ring (bicyclic) bond motifs is 1. The normalized spacial score (nSPS) is 21.3. The number of aromatic nitrogens is 4. The highest BCUT2D eigenvalue weighted by molar-refractivity contribution is 5.97. The summed E-state index contributed by atoms with van der Waals surface area (Å²) in [4.78, 5) is 55.6. The van der Waals surface area contributed by atoms with E-state index in [0.29, 0.717) is 37.5 Å². The number of amides is 2. The van der Waals surface area contributed by atoms with Gasteiger partial charge in [-0.05, 0) is 60.6 Å². The third kappa shape index (κ3) is 17.7. The molecular formula is C68H74N6O13. The topological polar surface area (TPSA) is 211 Å². The van der Waals surface area contributed by atoms with Gasteiger partial charge in [-0.2, -0.15) is 0 Å². The molecule has 8 aromatic rings. The van der Waals surface area contributed by atoms with Crippen molar-refractivity contribution in [3.63, 3.8) is 0 Å². The van der Waals surface area contributed by atoms with Gasteiger partial charge in [0.05, 0.1) is 64.3 Å². The van der Waals surface area contributed by atoms with Crippen LogP contribution in [0.2, 0.25) is 0 Å². The van der Waals surface area contributed by atoms with E-state index in [4.69, 9.17) is 47.4 Å². The number of urea groups is 1. The van der Waals surface area contributed by atoms with E-state index < -0.39 is 73.2 Å². The van der Waals surface area contributed by atoms with Gasteiger partial charge < -0.3 is 52.7 Å². The van der Waals surface area contributed by atoms with Crippen LogP contribution in [-0.2, 0) is 96.6 Å². The molecule has 2 aliphatic rings. The molecule has 2 N–H and O–H groups in total.